The molecule has 0 saturated carbocycles. The molecule has 2 fully saturated rings. The number of urea groups is 1. The van der Waals surface area contributed by atoms with Crippen molar-refractivity contribution in [3.8, 4) is 0 Å². The Morgan fingerprint density at radius 1 is 1.12 bits per heavy atom. The third-order valence-electron chi connectivity index (χ3n) is 6.07. The fourth-order valence-corrected chi connectivity index (χ4v) is 5.96. The van der Waals surface area contributed by atoms with Crippen molar-refractivity contribution in [3.05, 3.63) is 65.7 Å². The van der Waals surface area contributed by atoms with Gasteiger partial charge in [-0.3, -0.25) is 14.5 Å². The molecule has 2 atom stereocenters. The van der Waals surface area contributed by atoms with Gasteiger partial charge in [-0.2, -0.15) is 0 Å². The number of para-hydroxylation sites is 1. The van der Waals surface area contributed by atoms with Crippen LogP contribution in [0.5, 0.6) is 0 Å². The molecule has 1 N–H and O–H groups in total. The Bertz CT molecular complexity index is 1160. The Labute approximate surface area is 187 Å². The van der Waals surface area contributed by atoms with E-state index in [-0.39, 0.29) is 11.5 Å². The summed E-state index contributed by atoms with van der Waals surface area (Å²) < 4.78 is 24.1. The number of imide groups is 1. The largest absolute Gasteiger partial charge is 0.325 e. The van der Waals surface area contributed by atoms with Gasteiger partial charge in [0.05, 0.1) is 17.5 Å². The third-order valence-corrected chi connectivity index (χ3v) is 7.82. The highest BCUT2D eigenvalue weighted by atomic mass is 32.2. The van der Waals surface area contributed by atoms with E-state index in [1.54, 1.807) is 49.4 Å². The zero-order valence-corrected chi connectivity index (χ0v) is 18.8. The van der Waals surface area contributed by atoms with E-state index >= 15 is 0 Å². The van der Waals surface area contributed by atoms with E-state index in [0.29, 0.717) is 17.7 Å². The Morgan fingerprint density at radius 2 is 1.78 bits per heavy atom. The quantitative estimate of drug-likeness (QED) is 0.695. The lowest BCUT2D eigenvalue weighted by molar-refractivity contribution is -0.134. The summed E-state index contributed by atoms with van der Waals surface area (Å²) >= 11 is 0. The molecule has 0 radical (unpaired) electrons. The van der Waals surface area contributed by atoms with Crippen LogP contribution < -0.4 is 10.2 Å². The number of nitrogens with zero attached hydrogens (tertiary/aromatic N) is 2. The lowest BCUT2D eigenvalue weighted by Gasteiger charge is -2.30. The number of carbonyl (C=O) groups is 3. The van der Waals surface area contributed by atoms with Crippen LogP contribution in [0.4, 0.5) is 10.5 Å². The molecule has 0 unspecified atom stereocenters. The average molecular weight is 456 g/mol. The molecule has 168 valence electrons. The van der Waals surface area contributed by atoms with Gasteiger partial charge >= 0.3 is 6.03 Å². The molecule has 2 aliphatic heterocycles. The fraction of sp³-hybridized carbons (Fsp3) is 0.348. The molecule has 32 heavy (non-hydrogen) atoms. The van der Waals surface area contributed by atoms with E-state index < -0.39 is 45.8 Å². The number of aryl methyl sites for hydroxylation is 1. The van der Waals surface area contributed by atoms with Crippen molar-refractivity contribution in [1.29, 1.82) is 0 Å². The maximum absolute atomic E-state index is 13.3. The molecule has 0 bridgehead atoms. The van der Waals surface area contributed by atoms with Crippen molar-refractivity contribution in [1.82, 2.24) is 10.2 Å². The van der Waals surface area contributed by atoms with Crippen LogP contribution in [-0.2, 0) is 25.0 Å². The van der Waals surface area contributed by atoms with Gasteiger partial charge < -0.3 is 10.2 Å². The van der Waals surface area contributed by atoms with E-state index in [2.05, 4.69) is 5.32 Å². The normalized spacial score (nSPS) is 24.4. The summed E-state index contributed by atoms with van der Waals surface area (Å²) in [6.45, 7) is 3.06. The van der Waals surface area contributed by atoms with E-state index in [9.17, 15) is 22.8 Å². The van der Waals surface area contributed by atoms with E-state index in [4.69, 9.17) is 0 Å². The van der Waals surface area contributed by atoms with E-state index in [0.717, 1.165) is 10.5 Å². The average Bonchev–Trinajstić information content (AvgIpc) is 3.21. The van der Waals surface area contributed by atoms with Crippen LogP contribution in [0.15, 0.2) is 54.6 Å². The second-order valence-electron chi connectivity index (χ2n) is 8.47. The number of amides is 4. The van der Waals surface area contributed by atoms with Gasteiger partial charge in [0.25, 0.3) is 5.91 Å². The van der Waals surface area contributed by atoms with Crippen LogP contribution in [0, 0.1) is 6.92 Å². The Hall–Kier alpha value is -3.20. The first-order valence-corrected chi connectivity index (χ1v) is 12.2. The number of benzene rings is 2. The summed E-state index contributed by atoms with van der Waals surface area (Å²) in [5, 5.41) is 2.70. The van der Waals surface area contributed by atoms with Crippen LogP contribution in [0.2, 0.25) is 0 Å². The van der Waals surface area contributed by atoms with Crippen LogP contribution in [-0.4, -0.2) is 55.3 Å². The van der Waals surface area contributed by atoms with Crippen molar-refractivity contribution in [2.75, 3.05) is 23.0 Å². The topological polar surface area (TPSA) is 104 Å². The predicted molar refractivity (Wildman–Crippen MR) is 120 cm³/mol. The van der Waals surface area contributed by atoms with Crippen LogP contribution in [0.3, 0.4) is 0 Å². The molecule has 0 aromatic heterocycles. The smallest absolute Gasteiger partial charge is 0.319 e. The van der Waals surface area contributed by atoms with E-state index in [1.165, 1.54) is 4.90 Å². The minimum absolute atomic E-state index is 0.00288. The first kappa shape index (κ1) is 22.0. The molecule has 0 spiro atoms. The molecular weight excluding hydrogens is 430 g/mol. The van der Waals surface area contributed by atoms with Crippen molar-refractivity contribution >= 4 is 33.4 Å². The third kappa shape index (κ3) is 4.00. The molecule has 0 aliphatic carbocycles. The second-order valence-corrected chi connectivity index (χ2v) is 10.7. The zero-order valence-electron chi connectivity index (χ0n) is 17.9. The monoisotopic (exact) mass is 455 g/mol. The van der Waals surface area contributed by atoms with Crippen molar-refractivity contribution in [2.45, 2.75) is 31.8 Å². The molecular formula is C23H25N3O5S. The second kappa shape index (κ2) is 8.05. The fourth-order valence-electron chi connectivity index (χ4n) is 4.26. The molecule has 2 saturated heterocycles. The Balaban J connectivity index is 1.60. The summed E-state index contributed by atoms with van der Waals surface area (Å²) in [4.78, 5) is 41.6. The minimum Gasteiger partial charge on any atom is -0.319 e. The molecule has 4 amide bonds. The minimum atomic E-state index is -3.24. The zero-order chi connectivity index (χ0) is 23.1. The highest BCUT2D eigenvalue weighted by Gasteiger charge is 2.50. The molecule has 9 heteroatoms. The number of sulfone groups is 1. The number of hydrogen-bond acceptors (Lipinski definition) is 5. The molecule has 2 heterocycles. The molecule has 8 nitrogen and oxygen atoms in total. The lowest BCUT2D eigenvalue weighted by Crippen LogP contribution is -2.48. The van der Waals surface area contributed by atoms with Gasteiger partial charge in [0.1, 0.15) is 12.1 Å². The van der Waals surface area contributed by atoms with Crippen LogP contribution in [0.1, 0.15) is 24.5 Å². The van der Waals surface area contributed by atoms with E-state index in [1.807, 2.05) is 19.1 Å². The SMILES string of the molecule is Cc1ccc([C@]2(C)NC(=O)N(CC(=O)N(c3ccccc3)[C@@H]3CCS(=O)(=O)C3)C2=O)cc1. The number of anilines is 1. The number of rotatable bonds is 5. The van der Waals surface area contributed by atoms with Gasteiger partial charge in [-0.1, -0.05) is 48.0 Å². The standard InChI is InChI=1S/C23H25N3O5S/c1-16-8-10-17(11-9-16)23(2)21(28)25(22(29)24-23)14-20(27)26(18-6-4-3-5-7-18)19-12-13-32(30,31)15-19/h3-11,19H,12-15H2,1-2H3,(H,24,29)/t19-,23+/m1/s1. The summed E-state index contributed by atoms with van der Waals surface area (Å²) in [6.07, 6.45) is 0.310. The molecule has 4 rings (SSSR count). The molecule has 2 aromatic rings. The summed E-state index contributed by atoms with van der Waals surface area (Å²) in [7, 11) is -3.24. The van der Waals surface area contributed by atoms with Gasteiger partial charge in [0, 0.05) is 5.69 Å². The maximum atomic E-state index is 13.3. The molecule has 2 aliphatic rings. The van der Waals surface area contributed by atoms with Gasteiger partial charge in [-0.15, -0.1) is 0 Å². The van der Waals surface area contributed by atoms with Crippen LogP contribution >= 0.6 is 0 Å². The Morgan fingerprint density at radius 3 is 2.38 bits per heavy atom. The van der Waals surface area contributed by atoms with Gasteiger partial charge in [-0.25, -0.2) is 13.2 Å². The Kier molecular flexibility index (Phi) is 5.54. The molecule has 2 aromatic carbocycles. The van der Waals surface area contributed by atoms with Gasteiger partial charge in [0.2, 0.25) is 5.91 Å². The lowest BCUT2D eigenvalue weighted by atomic mass is 9.91. The first-order valence-electron chi connectivity index (χ1n) is 10.4. The highest BCUT2D eigenvalue weighted by Crippen LogP contribution is 2.30. The first-order chi connectivity index (χ1) is 15.1. The van der Waals surface area contributed by atoms with Crippen LogP contribution in [0.25, 0.3) is 0 Å². The summed E-state index contributed by atoms with van der Waals surface area (Å²) in [5.41, 5.74) is 0.900. The number of carbonyl (C=O) groups excluding carboxylic acids is 3. The van der Waals surface area contributed by atoms with Crippen molar-refractivity contribution in [2.24, 2.45) is 0 Å². The van der Waals surface area contributed by atoms with Gasteiger partial charge in [-0.05, 0) is 38.0 Å². The summed E-state index contributed by atoms with van der Waals surface area (Å²) in [5.74, 6) is -1.17. The highest BCUT2D eigenvalue weighted by molar-refractivity contribution is 7.91. The van der Waals surface area contributed by atoms with Crippen molar-refractivity contribution < 1.29 is 22.8 Å². The maximum Gasteiger partial charge on any atom is 0.325 e. The van der Waals surface area contributed by atoms with Crippen molar-refractivity contribution in [3.63, 3.8) is 0 Å². The summed E-state index contributed by atoms with van der Waals surface area (Å²) in [6, 6.07) is 14.8. The van der Waals surface area contributed by atoms with Gasteiger partial charge in [0.15, 0.2) is 9.84 Å². The predicted octanol–water partition coefficient (Wildman–Crippen LogP) is 1.98. The number of hydrogen-bond donors (Lipinski definition) is 1. The number of nitrogens with one attached hydrogen (secondary N) is 1.